The van der Waals surface area contributed by atoms with Gasteiger partial charge in [0.25, 0.3) is 5.92 Å². The lowest BCUT2D eigenvalue weighted by atomic mass is 9.62. The van der Waals surface area contributed by atoms with E-state index < -0.39 is 36.0 Å². The van der Waals surface area contributed by atoms with Crippen LogP contribution >= 0.6 is 15.9 Å². The van der Waals surface area contributed by atoms with Gasteiger partial charge < -0.3 is 4.74 Å². The molecule has 0 heterocycles. The number of rotatable bonds is 2. The van der Waals surface area contributed by atoms with Gasteiger partial charge in [-0.25, -0.2) is 13.2 Å². The SMILES string of the molecule is COC(=O)C1(c2cc(F)cc(Br)c2)CC(F)(F)C1. The van der Waals surface area contributed by atoms with Crippen LogP contribution < -0.4 is 0 Å². The first kappa shape index (κ1) is 13.4. The van der Waals surface area contributed by atoms with Crippen molar-refractivity contribution in [2.45, 2.75) is 24.2 Å². The molecule has 0 aromatic heterocycles. The molecule has 1 fully saturated rings. The molecular formula is C12H10BrF3O2. The minimum absolute atomic E-state index is 0.215. The second-order valence-electron chi connectivity index (χ2n) is 4.44. The molecule has 18 heavy (non-hydrogen) atoms. The van der Waals surface area contributed by atoms with E-state index in [2.05, 4.69) is 20.7 Å². The highest BCUT2D eigenvalue weighted by atomic mass is 79.9. The Morgan fingerprint density at radius 2 is 1.94 bits per heavy atom. The molecule has 1 aliphatic rings. The van der Waals surface area contributed by atoms with E-state index in [1.807, 2.05) is 0 Å². The third kappa shape index (κ3) is 2.13. The zero-order chi connectivity index (χ0) is 13.6. The van der Waals surface area contributed by atoms with Crippen LogP contribution in [-0.2, 0) is 14.9 Å². The summed E-state index contributed by atoms with van der Waals surface area (Å²) < 4.78 is 44.5. The van der Waals surface area contributed by atoms with Gasteiger partial charge in [-0.05, 0) is 23.8 Å². The highest BCUT2D eigenvalue weighted by Gasteiger charge is 2.62. The molecule has 0 amide bonds. The Hall–Kier alpha value is -1.04. The molecule has 0 aliphatic heterocycles. The van der Waals surface area contributed by atoms with Crippen LogP contribution in [0.15, 0.2) is 22.7 Å². The molecule has 1 aromatic carbocycles. The summed E-state index contributed by atoms with van der Waals surface area (Å²) in [6, 6.07) is 3.76. The van der Waals surface area contributed by atoms with Gasteiger partial charge in [0.1, 0.15) is 11.2 Å². The number of ether oxygens (including phenoxy) is 1. The lowest BCUT2D eigenvalue weighted by molar-refractivity contribution is -0.177. The van der Waals surface area contributed by atoms with Gasteiger partial charge in [-0.1, -0.05) is 15.9 Å². The summed E-state index contributed by atoms with van der Waals surface area (Å²) in [4.78, 5) is 11.7. The van der Waals surface area contributed by atoms with Crippen molar-refractivity contribution in [3.8, 4) is 0 Å². The third-order valence-corrected chi connectivity index (χ3v) is 3.57. The Bertz CT molecular complexity index is 474. The van der Waals surface area contributed by atoms with Crippen LogP contribution in [0.25, 0.3) is 0 Å². The van der Waals surface area contributed by atoms with Crippen LogP contribution in [0.4, 0.5) is 13.2 Å². The Balaban J connectivity index is 2.45. The number of esters is 1. The topological polar surface area (TPSA) is 26.3 Å². The molecule has 1 aromatic rings. The minimum Gasteiger partial charge on any atom is -0.468 e. The van der Waals surface area contributed by atoms with Crippen molar-refractivity contribution in [3.63, 3.8) is 0 Å². The molecule has 1 saturated carbocycles. The summed E-state index contributed by atoms with van der Waals surface area (Å²) in [7, 11) is 1.13. The molecule has 2 rings (SSSR count). The molecule has 0 radical (unpaired) electrons. The molecule has 0 unspecified atom stereocenters. The van der Waals surface area contributed by atoms with E-state index in [0.29, 0.717) is 4.47 Å². The van der Waals surface area contributed by atoms with E-state index in [1.165, 1.54) is 12.1 Å². The van der Waals surface area contributed by atoms with Crippen molar-refractivity contribution < 1.29 is 22.7 Å². The number of alkyl halides is 2. The molecule has 0 saturated heterocycles. The van der Waals surface area contributed by atoms with E-state index in [4.69, 9.17) is 0 Å². The number of hydrogen-bond acceptors (Lipinski definition) is 2. The van der Waals surface area contributed by atoms with E-state index in [0.717, 1.165) is 13.2 Å². The molecule has 0 atom stereocenters. The molecule has 0 bridgehead atoms. The Kier molecular flexibility index (Phi) is 3.17. The normalized spacial score (nSPS) is 20.1. The lowest BCUT2D eigenvalue weighted by Gasteiger charge is -2.45. The van der Waals surface area contributed by atoms with Crippen LogP contribution in [0.2, 0.25) is 0 Å². The zero-order valence-electron chi connectivity index (χ0n) is 9.47. The van der Waals surface area contributed by atoms with Crippen molar-refractivity contribution in [2.24, 2.45) is 0 Å². The predicted molar refractivity (Wildman–Crippen MR) is 62.0 cm³/mol. The van der Waals surface area contributed by atoms with Crippen LogP contribution in [0, 0.1) is 5.82 Å². The average molecular weight is 323 g/mol. The number of halogens is 4. The quantitative estimate of drug-likeness (QED) is 0.780. The van der Waals surface area contributed by atoms with Crippen molar-refractivity contribution in [3.05, 3.63) is 34.1 Å². The van der Waals surface area contributed by atoms with Crippen molar-refractivity contribution in [1.29, 1.82) is 0 Å². The molecule has 0 N–H and O–H groups in total. The van der Waals surface area contributed by atoms with Gasteiger partial charge in [0.15, 0.2) is 0 Å². The third-order valence-electron chi connectivity index (χ3n) is 3.11. The monoisotopic (exact) mass is 322 g/mol. The number of methoxy groups -OCH3 is 1. The highest BCUT2D eigenvalue weighted by Crippen LogP contribution is 2.54. The Labute approximate surface area is 110 Å². The van der Waals surface area contributed by atoms with Crippen molar-refractivity contribution in [1.82, 2.24) is 0 Å². The number of benzene rings is 1. The maximum Gasteiger partial charge on any atom is 0.316 e. The van der Waals surface area contributed by atoms with Crippen molar-refractivity contribution >= 4 is 21.9 Å². The summed E-state index contributed by atoms with van der Waals surface area (Å²) in [5.41, 5.74) is -1.23. The summed E-state index contributed by atoms with van der Waals surface area (Å²) in [6.45, 7) is 0. The maximum absolute atomic E-state index is 13.3. The van der Waals surface area contributed by atoms with Gasteiger partial charge in [0.05, 0.1) is 7.11 Å². The fraction of sp³-hybridized carbons (Fsp3) is 0.417. The van der Waals surface area contributed by atoms with Crippen LogP contribution in [-0.4, -0.2) is 19.0 Å². The number of hydrogen-bond donors (Lipinski definition) is 0. The van der Waals surface area contributed by atoms with Gasteiger partial charge in [-0.3, -0.25) is 4.79 Å². The average Bonchev–Trinajstić information content (AvgIpc) is 2.22. The van der Waals surface area contributed by atoms with Crippen molar-refractivity contribution in [2.75, 3.05) is 7.11 Å². The van der Waals surface area contributed by atoms with Gasteiger partial charge >= 0.3 is 5.97 Å². The maximum atomic E-state index is 13.3. The van der Waals surface area contributed by atoms with E-state index >= 15 is 0 Å². The number of carbonyl (C=O) groups excluding carboxylic acids is 1. The predicted octanol–water partition coefficient (Wildman–Crippen LogP) is 3.43. The second kappa shape index (κ2) is 4.26. The number of carbonyl (C=O) groups is 1. The summed E-state index contributed by atoms with van der Waals surface area (Å²) in [6.07, 6.45) is -1.30. The van der Waals surface area contributed by atoms with Crippen LogP contribution in [0.5, 0.6) is 0 Å². The van der Waals surface area contributed by atoms with E-state index in [1.54, 1.807) is 0 Å². The first-order chi connectivity index (χ1) is 8.29. The lowest BCUT2D eigenvalue weighted by Crippen LogP contribution is -2.55. The summed E-state index contributed by atoms with van der Waals surface area (Å²) in [5.74, 6) is -4.25. The minimum atomic E-state index is -2.91. The standard InChI is InChI=1S/C12H10BrF3O2/c1-18-10(17)11(5-12(15,16)6-11)7-2-8(13)4-9(14)3-7/h2-4H,5-6H2,1H3. The Morgan fingerprint density at radius 1 is 1.33 bits per heavy atom. The van der Waals surface area contributed by atoms with Crippen LogP contribution in [0.3, 0.4) is 0 Å². The second-order valence-corrected chi connectivity index (χ2v) is 5.36. The highest BCUT2D eigenvalue weighted by molar-refractivity contribution is 9.10. The molecule has 2 nitrogen and oxygen atoms in total. The Morgan fingerprint density at radius 3 is 2.39 bits per heavy atom. The first-order valence-electron chi connectivity index (χ1n) is 5.22. The summed E-state index contributed by atoms with van der Waals surface area (Å²) >= 11 is 3.08. The molecule has 0 spiro atoms. The molecular weight excluding hydrogens is 313 g/mol. The van der Waals surface area contributed by atoms with Crippen LogP contribution in [0.1, 0.15) is 18.4 Å². The van der Waals surface area contributed by atoms with E-state index in [-0.39, 0.29) is 5.56 Å². The zero-order valence-corrected chi connectivity index (χ0v) is 11.1. The first-order valence-corrected chi connectivity index (χ1v) is 6.01. The fourth-order valence-corrected chi connectivity index (χ4v) is 2.79. The largest absolute Gasteiger partial charge is 0.468 e. The van der Waals surface area contributed by atoms with Gasteiger partial charge in [-0.15, -0.1) is 0 Å². The molecule has 1 aliphatic carbocycles. The molecule has 98 valence electrons. The summed E-state index contributed by atoms with van der Waals surface area (Å²) in [5, 5.41) is 0. The van der Waals surface area contributed by atoms with Gasteiger partial charge in [0.2, 0.25) is 0 Å². The molecule has 6 heteroatoms. The van der Waals surface area contributed by atoms with E-state index in [9.17, 15) is 18.0 Å². The smallest absolute Gasteiger partial charge is 0.316 e. The van der Waals surface area contributed by atoms with Gasteiger partial charge in [0, 0.05) is 17.3 Å². The fourth-order valence-electron chi connectivity index (χ4n) is 2.32. The van der Waals surface area contributed by atoms with Gasteiger partial charge in [-0.2, -0.15) is 0 Å².